The summed E-state index contributed by atoms with van der Waals surface area (Å²) in [4.78, 5) is 8.40. The second kappa shape index (κ2) is 5.36. The summed E-state index contributed by atoms with van der Waals surface area (Å²) in [7, 11) is 0. The van der Waals surface area contributed by atoms with Crippen LogP contribution in [0.1, 0.15) is 25.8 Å². The van der Waals surface area contributed by atoms with E-state index in [-0.39, 0.29) is 12.4 Å². The first-order chi connectivity index (χ1) is 10.4. The summed E-state index contributed by atoms with van der Waals surface area (Å²) in [6, 6.07) is 0. The monoisotopic (exact) mass is 309 g/mol. The number of hydrogen-bond donors (Lipinski definition) is 5. The second-order valence-electron chi connectivity index (χ2n) is 5.55. The SMILES string of the molecule is CC(C)=C1N=C(N)c2ncn([C@@H]3O[C@H](CO)C(O)C3O)c2N1. The molecule has 1 aromatic heterocycles. The third-order valence-corrected chi connectivity index (χ3v) is 3.77. The molecule has 2 aliphatic heterocycles. The van der Waals surface area contributed by atoms with Crippen LogP contribution >= 0.6 is 0 Å². The lowest BCUT2D eigenvalue weighted by Crippen LogP contribution is -2.33. The Morgan fingerprint density at radius 2 is 2.14 bits per heavy atom. The number of aliphatic imine (C=N–C) groups is 1. The summed E-state index contributed by atoms with van der Waals surface area (Å²) in [6.07, 6.45) is -2.64. The Morgan fingerprint density at radius 3 is 2.73 bits per heavy atom. The number of anilines is 1. The zero-order chi connectivity index (χ0) is 16.0. The van der Waals surface area contributed by atoms with Crippen LogP contribution in [0, 0.1) is 0 Å². The molecule has 0 aliphatic carbocycles. The number of ether oxygens (including phenoxy) is 1. The van der Waals surface area contributed by atoms with E-state index in [2.05, 4.69) is 15.3 Å². The van der Waals surface area contributed by atoms with Crippen LogP contribution in [0.5, 0.6) is 0 Å². The average Bonchev–Trinajstić information content (AvgIpc) is 3.02. The van der Waals surface area contributed by atoms with E-state index < -0.39 is 24.5 Å². The first-order valence-electron chi connectivity index (χ1n) is 6.92. The van der Waals surface area contributed by atoms with E-state index in [1.165, 1.54) is 6.33 Å². The highest BCUT2D eigenvalue weighted by Crippen LogP contribution is 2.34. The normalized spacial score (nSPS) is 30.8. The van der Waals surface area contributed by atoms with Gasteiger partial charge in [0.2, 0.25) is 0 Å². The van der Waals surface area contributed by atoms with Crippen LogP contribution in [0.15, 0.2) is 22.7 Å². The third kappa shape index (κ3) is 2.18. The molecular formula is C13H19N5O4. The lowest BCUT2D eigenvalue weighted by Gasteiger charge is -2.22. The van der Waals surface area contributed by atoms with Crippen molar-refractivity contribution < 1.29 is 20.1 Å². The number of aliphatic hydroxyl groups is 3. The Labute approximate surface area is 126 Å². The number of allylic oxidation sites excluding steroid dienone is 1. The van der Waals surface area contributed by atoms with Gasteiger partial charge in [-0.25, -0.2) is 9.98 Å². The minimum Gasteiger partial charge on any atom is -0.394 e. The van der Waals surface area contributed by atoms with Crippen molar-refractivity contribution >= 4 is 11.7 Å². The molecule has 0 aromatic carbocycles. The van der Waals surface area contributed by atoms with Crippen molar-refractivity contribution in [2.75, 3.05) is 11.9 Å². The summed E-state index contributed by atoms with van der Waals surface area (Å²) in [6.45, 7) is 3.39. The summed E-state index contributed by atoms with van der Waals surface area (Å²) in [5, 5.41) is 32.3. The predicted molar refractivity (Wildman–Crippen MR) is 78.0 cm³/mol. The average molecular weight is 309 g/mol. The van der Waals surface area contributed by atoms with Crippen LogP contribution < -0.4 is 11.1 Å². The topological polar surface area (TPSA) is 138 Å². The summed E-state index contributed by atoms with van der Waals surface area (Å²) in [5.41, 5.74) is 7.29. The fourth-order valence-electron chi connectivity index (χ4n) is 2.53. The van der Waals surface area contributed by atoms with Crippen molar-refractivity contribution in [1.29, 1.82) is 0 Å². The van der Waals surface area contributed by atoms with Crippen molar-refractivity contribution in [1.82, 2.24) is 9.55 Å². The van der Waals surface area contributed by atoms with Crippen LogP contribution in [0.4, 0.5) is 5.82 Å². The maximum Gasteiger partial charge on any atom is 0.165 e. The second-order valence-corrected chi connectivity index (χ2v) is 5.55. The molecule has 0 bridgehead atoms. The van der Waals surface area contributed by atoms with Gasteiger partial charge >= 0.3 is 0 Å². The van der Waals surface area contributed by atoms with Gasteiger partial charge in [-0.1, -0.05) is 0 Å². The molecule has 3 heterocycles. The fourth-order valence-corrected chi connectivity index (χ4v) is 2.53. The van der Waals surface area contributed by atoms with E-state index in [9.17, 15) is 15.3 Å². The molecule has 0 amide bonds. The number of nitrogens with zero attached hydrogens (tertiary/aromatic N) is 3. The van der Waals surface area contributed by atoms with Crippen LogP contribution in [-0.2, 0) is 4.74 Å². The lowest BCUT2D eigenvalue weighted by molar-refractivity contribution is -0.0518. The van der Waals surface area contributed by atoms with Crippen LogP contribution in [0.25, 0.3) is 0 Å². The Bertz CT molecular complexity index is 649. The van der Waals surface area contributed by atoms with Crippen LogP contribution in [0.3, 0.4) is 0 Å². The highest BCUT2D eigenvalue weighted by atomic mass is 16.6. The van der Waals surface area contributed by atoms with Gasteiger partial charge in [0.05, 0.1) is 12.9 Å². The van der Waals surface area contributed by atoms with Gasteiger partial charge in [0, 0.05) is 0 Å². The molecule has 1 aromatic rings. The van der Waals surface area contributed by atoms with Gasteiger partial charge in [-0.2, -0.15) is 0 Å². The molecule has 2 aliphatic rings. The Kier molecular flexibility index (Phi) is 3.65. The number of aromatic nitrogens is 2. The molecule has 120 valence electrons. The van der Waals surface area contributed by atoms with Gasteiger partial charge in [-0.05, 0) is 19.4 Å². The molecule has 9 nitrogen and oxygen atoms in total. The number of rotatable bonds is 2. The van der Waals surface area contributed by atoms with E-state index in [1.54, 1.807) is 4.57 Å². The number of nitrogens with two attached hydrogens (primary N) is 1. The maximum atomic E-state index is 10.1. The first-order valence-corrected chi connectivity index (χ1v) is 6.92. The lowest BCUT2D eigenvalue weighted by atomic mass is 10.1. The van der Waals surface area contributed by atoms with E-state index in [0.717, 1.165) is 5.57 Å². The maximum absolute atomic E-state index is 10.1. The van der Waals surface area contributed by atoms with E-state index in [4.69, 9.17) is 10.5 Å². The minimum atomic E-state index is -1.19. The van der Waals surface area contributed by atoms with Crippen molar-refractivity contribution in [3.05, 3.63) is 23.4 Å². The summed E-state index contributed by atoms with van der Waals surface area (Å²) < 4.78 is 7.06. The molecule has 1 saturated heterocycles. The zero-order valence-corrected chi connectivity index (χ0v) is 12.3. The molecule has 0 spiro atoms. The minimum absolute atomic E-state index is 0.260. The van der Waals surface area contributed by atoms with Gasteiger partial charge in [-0.3, -0.25) is 4.57 Å². The molecule has 9 heteroatoms. The Hall–Kier alpha value is -1.94. The number of amidine groups is 1. The van der Waals surface area contributed by atoms with Crippen molar-refractivity contribution in [2.45, 2.75) is 38.4 Å². The van der Waals surface area contributed by atoms with Gasteiger partial charge in [-0.15, -0.1) is 0 Å². The summed E-state index contributed by atoms with van der Waals surface area (Å²) in [5.74, 6) is 1.38. The van der Waals surface area contributed by atoms with Gasteiger partial charge in [0.25, 0.3) is 0 Å². The summed E-state index contributed by atoms with van der Waals surface area (Å²) >= 11 is 0. The van der Waals surface area contributed by atoms with Crippen LogP contribution in [-0.4, -0.2) is 55.6 Å². The quantitative estimate of drug-likeness (QED) is 0.466. The Morgan fingerprint density at radius 1 is 1.41 bits per heavy atom. The van der Waals surface area contributed by atoms with Gasteiger partial charge < -0.3 is 31.1 Å². The number of hydrogen-bond acceptors (Lipinski definition) is 8. The van der Waals surface area contributed by atoms with Crippen molar-refractivity contribution in [2.24, 2.45) is 10.7 Å². The van der Waals surface area contributed by atoms with Gasteiger partial charge in [0.1, 0.15) is 35.6 Å². The van der Waals surface area contributed by atoms with E-state index >= 15 is 0 Å². The first kappa shape index (κ1) is 15.0. The predicted octanol–water partition coefficient (Wildman–Crippen LogP) is -1.12. The molecule has 4 atom stereocenters. The number of nitrogens with one attached hydrogen (secondary N) is 1. The molecule has 2 unspecified atom stereocenters. The molecular weight excluding hydrogens is 290 g/mol. The highest BCUT2D eigenvalue weighted by molar-refractivity contribution is 6.02. The number of aliphatic hydroxyl groups excluding tert-OH is 3. The van der Waals surface area contributed by atoms with E-state index in [0.29, 0.717) is 17.3 Å². The van der Waals surface area contributed by atoms with Crippen molar-refractivity contribution in [3.8, 4) is 0 Å². The third-order valence-electron chi connectivity index (χ3n) is 3.77. The molecule has 1 fully saturated rings. The standard InChI is InChI=1S/C13H19N5O4/c1-5(2)11-16-10(14)7-12(17-11)18(4-15-7)13-9(21)8(20)6(3-19)22-13/h4,6,8-9,13,17,19-21H,3H2,1-2H3,(H2,14,16)/t6-,8?,9?,13-/m1/s1. The molecule has 3 rings (SSSR count). The highest BCUT2D eigenvalue weighted by Gasteiger charge is 2.44. The Balaban J connectivity index is 2.00. The zero-order valence-electron chi connectivity index (χ0n) is 12.3. The number of imidazole rings is 1. The van der Waals surface area contributed by atoms with E-state index in [1.807, 2.05) is 13.8 Å². The van der Waals surface area contributed by atoms with Gasteiger partial charge in [0.15, 0.2) is 12.1 Å². The molecule has 22 heavy (non-hydrogen) atoms. The smallest absolute Gasteiger partial charge is 0.165 e. The molecule has 0 saturated carbocycles. The molecule has 6 N–H and O–H groups in total. The number of fused-ring (bicyclic) bond motifs is 1. The van der Waals surface area contributed by atoms with Crippen LogP contribution in [0.2, 0.25) is 0 Å². The fraction of sp³-hybridized carbons (Fsp3) is 0.538. The molecule has 0 radical (unpaired) electrons. The largest absolute Gasteiger partial charge is 0.394 e. The van der Waals surface area contributed by atoms with Crippen molar-refractivity contribution in [3.63, 3.8) is 0 Å².